The first-order chi connectivity index (χ1) is 9.10. The molecule has 0 aliphatic rings. The van der Waals surface area contributed by atoms with Gasteiger partial charge in [0.15, 0.2) is 0 Å². The Kier molecular flexibility index (Phi) is 4.55. The van der Waals surface area contributed by atoms with Gasteiger partial charge in [-0.2, -0.15) is 0 Å². The smallest absolute Gasteiger partial charge is 0.102 e. The van der Waals surface area contributed by atoms with E-state index in [1.807, 2.05) is 6.20 Å². The minimum atomic E-state index is 0.0706. The number of nitrogens with one attached hydrogen (secondary N) is 1. The third-order valence-electron chi connectivity index (χ3n) is 2.86. The molecule has 0 bridgehead atoms. The monoisotopic (exact) mass is 324 g/mol. The number of aliphatic hydroxyl groups excluding tert-OH is 1. The molecule has 102 valence electrons. The van der Waals surface area contributed by atoms with Crippen molar-refractivity contribution in [2.75, 3.05) is 11.9 Å². The Bertz CT molecular complexity index is 545. The maximum Gasteiger partial charge on any atom is 0.102 e. The van der Waals surface area contributed by atoms with Crippen LogP contribution >= 0.6 is 15.9 Å². The van der Waals surface area contributed by atoms with Crippen LogP contribution in [0, 0.1) is 13.8 Å². The predicted molar refractivity (Wildman–Crippen MR) is 78.1 cm³/mol. The number of anilines is 1. The van der Waals surface area contributed by atoms with Gasteiger partial charge in [0.25, 0.3) is 0 Å². The van der Waals surface area contributed by atoms with E-state index in [9.17, 15) is 0 Å². The van der Waals surface area contributed by atoms with Crippen LogP contribution in [0.5, 0.6) is 0 Å². The molecule has 2 N–H and O–H groups in total. The highest BCUT2D eigenvalue weighted by molar-refractivity contribution is 9.10. The van der Waals surface area contributed by atoms with Crippen molar-refractivity contribution in [1.29, 1.82) is 0 Å². The number of aliphatic hydroxyl groups is 1. The van der Waals surface area contributed by atoms with Crippen LogP contribution in [0.1, 0.15) is 16.8 Å². The maximum absolute atomic E-state index is 8.83. The minimum Gasteiger partial charge on any atom is -0.394 e. The molecule has 2 rings (SSSR count). The molecule has 1 aromatic carbocycles. The van der Waals surface area contributed by atoms with Crippen LogP contribution < -0.4 is 5.32 Å². The molecule has 0 spiro atoms. The van der Waals surface area contributed by atoms with Crippen LogP contribution in [0.15, 0.2) is 22.8 Å². The topological polar surface area (TPSA) is 63.0 Å². The van der Waals surface area contributed by atoms with Gasteiger partial charge in [0, 0.05) is 10.2 Å². The van der Waals surface area contributed by atoms with E-state index in [4.69, 9.17) is 5.11 Å². The molecule has 0 unspecified atom stereocenters. The lowest BCUT2D eigenvalue weighted by molar-refractivity contribution is 0.268. The molecule has 1 aromatic heterocycles. The first kappa shape index (κ1) is 14.0. The van der Waals surface area contributed by atoms with Crippen LogP contribution in [0.2, 0.25) is 0 Å². The molecule has 6 heteroatoms. The molecule has 19 heavy (non-hydrogen) atoms. The molecule has 1 heterocycles. The van der Waals surface area contributed by atoms with E-state index in [0.717, 1.165) is 15.9 Å². The van der Waals surface area contributed by atoms with Crippen molar-refractivity contribution in [3.8, 4) is 0 Å². The van der Waals surface area contributed by atoms with E-state index >= 15 is 0 Å². The molecular weight excluding hydrogens is 308 g/mol. The number of halogens is 1. The lowest BCUT2D eigenvalue weighted by atomic mass is 10.1. The van der Waals surface area contributed by atoms with Crippen molar-refractivity contribution in [2.24, 2.45) is 0 Å². The molecule has 0 aliphatic carbocycles. The summed E-state index contributed by atoms with van der Waals surface area (Å²) in [5.74, 6) is 0. The van der Waals surface area contributed by atoms with Crippen LogP contribution in [0.3, 0.4) is 0 Å². The van der Waals surface area contributed by atoms with Crippen molar-refractivity contribution in [2.45, 2.75) is 26.9 Å². The highest BCUT2D eigenvalue weighted by atomic mass is 79.9. The second-order valence-electron chi connectivity index (χ2n) is 4.46. The molecule has 5 nitrogen and oxygen atoms in total. The Labute approximate surface area is 120 Å². The van der Waals surface area contributed by atoms with Gasteiger partial charge in [-0.05, 0) is 37.1 Å². The number of hydrogen-bond acceptors (Lipinski definition) is 4. The number of rotatable bonds is 5. The van der Waals surface area contributed by atoms with Crippen LogP contribution in [0.4, 0.5) is 5.69 Å². The van der Waals surface area contributed by atoms with Crippen molar-refractivity contribution >= 4 is 21.6 Å². The Morgan fingerprint density at radius 2 is 2.00 bits per heavy atom. The second kappa shape index (κ2) is 6.16. The van der Waals surface area contributed by atoms with Gasteiger partial charge < -0.3 is 10.4 Å². The Morgan fingerprint density at radius 1 is 1.32 bits per heavy atom. The van der Waals surface area contributed by atoms with Gasteiger partial charge >= 0.3 is 0 Å². The Balaban J connectivity index is 2.05. The summed E-state index contributed by atoms with van der Waals surface area (Å²) >= 11 is 3.49. The first-order valence-electron chi connectivity index (χ1n) is 6.10. The lowest BCUT2D eigenvalue weighted by Crippen LogP contribution is -2.04. The van der Waals surface area contributed by atoms with Crippen molar-refractivity contribution in [3.05, 3.63) is 39.6 Å². The fraction of sp³-hybridized carbons (Fsp3) is 0.385. The van der Waals surface area contributed by atoms with Crippen LogP contribution in [-0.2, 0) is 13.1 Å². The summed E-state index contributed by atoms with van der Waals surface area (Å²) < 4.78 is 2.72. The van der Waals surface area contributed by atoms with Crippen LogP contribution in [-0.4, -0.2) is 26.7 Å². The number of nitrogens with zero attached hydrogens (tertiary/aromatic N) is 3. The molecule has 0 aliphatic heterocycles. The third kappa shape index (κ3) is 3.54. The number of aromatic nitrogens is 3. The average Bonchev–Trinajstić information content (AvgIpc) is 2.76. The molecule has 0 atom stereocenters. The normalized spacial score (nSPS) is 10.7. The van der Waals surface area contributed by atoms with Crippen molar-refractivity contribution in [3.63, 3.8) is 0 Å². The van der Waals surface area contributed by atoms with Gasteiger partial charge in [0.2, 0.25) is 0 Å². The van der Waals surface area contributed by atoms with Gasteiger partial charge in [-0.15, -0.1) is 5.10 Å². The van der Waals surface area contributed by atoms with E-state index in [1.165, 1.54) is 11.1 Å². The van der Waals surface area contributed by atoms with Crippen molar-refractivity contribution in [1.82, 2.24) is 15.0 Å². The largest absolute Gasteiger partial charge is 0.394 e. The standard InChI is InChI=1S/C13H17BrN4O/c1-9-5-11(14)6-10(2)13(9)15-7-12-8-18(3-4-19)17-16-12/h5-6,8,15,19H,3-4,7H2,1-2H3. The van der Waals surface area contributed by atoms with Gasteiger partial charge in [-0.25, -0.2) is 4.68 Å². The SMILES string of the molecule is Cc1cc(Br)cc(C)c1NCc1cn(CCO)nn1. The highest BCUT2D eigenvalue weighted by Gasteiger charge is 2.05. The molecular formula is C13H17BrN4O. The minimum absolute atomic E-state index is 0.0706. The highest BCUT2D eigenvalue weighted by Crippen LogP contribution is 2.25. The predicted octanol–water partition coefficient (Wildman–Crippen LogP) is 2.26. The molecule has 0 saturated carbocycles. The molecule has 0 amide bonds. The fourth-order valence-corrected chi connectivity index (χ4v) is 2.69. The van der Waals surface area contributed by atoms with Crippen molar-refractivity contribution < 1.29 is 5.11 Å². The summed E-state index contributed by atoms with van der Waals surface area (Å²) in [5.41, 5.74) is 4.36. The number of aryl methyl sites for hydroxylation is 2. The zero-order chi connectivity index (χ0) is 13.8. The zero-order valence-corrected chi connectivity index (χ0v) is 12.6. The van der Waals surface area contributed by atoms with E-state index < -0.39 is 0 Å². The summed E-state index contributed by atoms with van der Waals surface area (Å²) in [6.45, 7) is 5.31. The number of hydrogen-bond donors (Lipinski definition) is 2. The van der Waals surface area contributed by atoms with Gasteiger partial charge in [-0.1, -0.05) is 21.1 Å². The summed E-state index contributed by atoms with van der Waals surface area (Å²) in [7, 11) is 0. The van der Waals surface area contributed by atoms with Gasteiger partial charge in [-0.3, -0.25) is 0 Å². The first-order valence-corrected chi connectivity index (χ1v) is 6.90. The van der Waals surface area contributed by atoms with E-state index in [0.29, 0.717) is 13.1 Å². The summed E-state index contributed by atoms with van der Waals surface area (Å²) in [5, 5.41) is 20.2. The fourth-order valence-electron chi connectivity index (χ4n) is 2.00. The second-order valence-corrected chi connectivity index (χ2v) is 5.38. The van der Waals surface area contributed by atoms with E-state index in [-0.39, 0.29) is 6.61 Å². The Hall–Kier alpha value is -1.40. The zero-order valence-electron chi connectivity index (χ0n) is 11.0. The average molecular weight is 325 g/mol. The molecule has 0 fully saturated rings. The summed E-state index contributed by atoms with van der Waals surface area (Å²) in [6.07, 6.45) is 1.84. The molecule has 2 aromatic rings. The molecule has 0 radical (unpaired) electrons. The summed E-state index contributed by atoms with van der Waals surface area (Å²) in [6, 6.07) is 4.16. The number of benzene rings is 1. The quantitative estimate of drug-likeness (QED) is 0.885. The van der Waals surface area contributed by atoms with Gasteiger partial charge in [0.05, 0.1) is 25.9 Å². The third-order valence-corrected chi connectivity index (χ3v) is 3.32. The van der Waals surface area contributed by atoms with Crippen LogP contribution in [0.25, 0.3) is 0 Å². The molecule has 0 saturated heterocycles. The summed E-state index contributed by atoms with van der Waals surface area (Å²) in [4.78, 5) is 0. The lowest BCUT2D eigenvalue weighted by Gasteiger charge is -2.12. The van der Waals surface area contributed by atoms with E-state index in [2.05, 4.69) is 57.5 Å². The Morgan fingerprint density at radius 3 is 2.63 bits per heavy atom. The van der Waals surface area contributed by atoms with Gasteiger partial charge in [0.1, 0.15) is 5.69 Å². The van der Waals surface area contributed by atoms with E-state index in [1.54, 1.807) is 4.68 Å². The maximum atomic E-state index is 8.83.